The summed E-state index contributed by atoms with van der Waals surface area (Å²) in [7, 11) is 1.55. The molecule has 0 radical (unpaired) electrons. The Kier molecular flexibility index (Phi) is 3.81. The highest BCUT2D eigenvalue weighted by molar-refractivity contribution is 5.94. The zero-order valence-corrected chi connectivity index (χ0v) is 10.9. The molecule has 1 aliphatic rings. The van der Waals surface area contributed by atoms with Crippen molar-refractivity contribution >= 4 is 5.91 Å². The van der Waals surface area contributed by atoms with Crippen molar-refractivity contribution in [2.75, 3.05) is 20.3 Å². The molecule has 18 heavy (non-hydrogen) atoms. The molecule has 0 aromatic carbocycles. The Morgan fingerprint density at radius 2 is 2.28 bits per heavy atom. The maximum absolute atomic E-state index is 12.3. The van der Waals surface area contributed by atoms with Crippen LogP contribution in [0.2, 0.25) is 0 Å². The summed E-state index contributed by atoms with van der Waals surface area (Å²) in [6, 6.07) is 3.53. The van der Waals surface area contributed by atoms with Crippen LogP contribution in [0.4, 0.5) is 0 Å². The van der Waals surface area contributed by atoms with E-state index in [1.807, 2.05) is 18.7 Å². The Bertz CT molecular complexity index is 419. The SMILES string of the molecule is COc1ccc(C(=O)N2C[C@H](C)OC[C@@H]2C)cn1. The zero-order chi connectivity index (χ0) is 13.1. The van der Waals surface area contributed by atoms with E-state index in [9.17, 15) is 4.79 Å². The van der Waals surface area contributed by atoms with E-state index in [0.29, 0.717) is 24.6 Å². The Morgan fingerprint density at radius 3 is 2.89 bits per heavy atom. The van der Waals surface area contributed by atoms with Crippen molar-refractivity contribution in [1.29, 1.82) is 0 Å². The molecule has 0 spiro atoms. The second-order valence-corrected chi connectivity index (χ2v) is 4.54. The van der Waals surface area contributed by atoms with Crippen LogP contribution in [-0.4, -0.2) is 48.2 Å². The van der Waals surface area contributed by atoms with Crippen LogP contribution >= 0.6 is 0 Å². The number of morpholine rings is 1. The molecule has 1 fully saturated rings. The smallest absolute Gasteiger partial charge is 0.255 e. The first-order valence-corrected chi connectivity index (χ1v) is 6.04. The van der Waals surface area contributed by atoms with Gasteiger partial charge in [-0.25, -0.2) is 4.98 Å². The zero-order valence-electron chi connectivity index (χ0n) is 10.9. The van der Waals surface area contributed by atoms with E-state index in [0.717, 1.165) is 0 Å². The van der Waals surface area contributed by atoms with Crippen LogP contribution in [0.15, 0.2) is 18.3 Å². The van der Waals surface area contributed by atoms with Crippen molar-refractivity contribution in [3.8, 4) is 5.88 Å². The molecule has 5 heteroatoms. The predicted molar refractivity (Wildman–Crippen MR) is 66.7 cm³/mol. The van der Waals surface area contributed by atoms with Gasteiger partial charge in [-0.3, -0.25) is 4.79 Å². The van der Waals surface area contributed by atoms with Crippen molar-refractivity contribution in [2.45, 2.75) is 26.0 Å². The van der Waals surface area contributed by atoms with Gasteiger partial charge in [-0.05, 0) is 19.9 Å². The Morgan fingerprint density at radius 1 is 1.50 bits per heavy atom. The lowest BCUT2D eigenvalue weighted by atomic mass is 10.1. The highest BCUT2D eigenvalue weighted by Crippen LogP contribution is 2.16. The maximum atomic E-state index is 12.3. The van der Waals surface area contributed by atoms with Crippen molar-refractivity contribution in [3.05, 3.63) is 23.9 Å². The first kappa shape index (κ1) is 12.8. The van der Waals surface area contributed by atoms with Crippen molar-refractivity contribution in [2.24, 2.45) is 0 Å². The van der Waals surface area contributed by atoms with Gasteiger partial charge in [0.1, 0.15) is 0 Å². The fourth-order valence-electron chi connectivity index (χ4n) is 1.98. The fraction of sp³-hybridized carbons (Fsp3) is 0.538. The van der Waals surface area contributed by atoms with E-state index >= 15 is 0 Å². The largest absolute Gasteiger partial charge is 0.481 e. The lowest BCUT2D eigenvalue weighted by Gasteiger charge is -2.36. The van der Waals surface area contributed by atoms with Gasteiger partial charge in [0.15, 0.2) is 0 Å². The third-order valence-corrected chi connectivity index (χ3v) is 3.06. The summed E-state index contributed by atoms with van der Waals surface area (Å²) in [6.45, 7) is 5.15. The number of rotatable bonds is 2. The van der Waals surface area contributed by atoms with Gasteiger partial charge in [0, 0.05) is 18.8 Å². The molecule has 1 aliphatic heterocycles. The highest BCUT2D eigenvalue weighted by Gasteiger charge is 2.28. The lowest BCUT2D eigenvalue weighted by Crippen LogP contribution is -2.50. The van der Waals surface area contributed by atoms with Crippen LogP contribution in [0.1, 0.15) is 24.2 Å². The summed E-state index contributed by atoms with van der Waals surface area (Å²) in [4.78, 5) is 18.2. The minimum absolute atomic E-state index is 0.00666. The molecular weight excluding hydrogens is 232 g/mol. The average molecular weight is 250 g/mol. The molecule has 5 nitrogen and oxygen atoms in total. The second kappa shape index (κ2) is 5.35. The number of aromatic nitrogens is 1. The highest BCUT2D eigenvalue weighted by atomic mass is 16.5. The molecule has 98 valence electrons. The Labute approximate surface area is 107 Å². The second-order valence-electron chi connectivity index (χ2n) is 4.54. The average Bonchev–Trinajstić information content (AvgIpc) is 2.41. The van der Waals surface area contributed by atoms with Gasteiger partial charge in [0.25, 0.3) is 5.91 Å². The van der Waals surface area contributed by atoms with Crippen LogP contribution in [0, 0.1) is 0 Å². The van der Waals surface area contributed by atoms with Crippen LogP contribution in [0.25, 0.3) is 0 Å². The Hall–Kier alpha value is -1.62. The number of methoxy groups -OCH3 is 1. The van der Waals surface area contributed by atoms with Crippen LogP contribution in [-0.2, 0) is 4.74 Å². The lowest BCUT2D eigenvalue weighted by molar-refractivity contribution is -0.0387. The van der Waals surface area contributed by atoms with Crippen molar-refractivity contribution in [3.63, 3.8) is 0 Å². The van der Waals surface area contributed by atoms with E-state index in [-0.39, 0.29) is 18.1 Å². The molecule has 0 saturated carbocycles. The minimum atomic E-state index is -0.00666. The summed E-state index contributed by atoms with van der Waals surface area (Å²) in [5.74, 6) is 0.503. The monoisotopic (exact) mass is 250 g/mol. The fourth-order valence-corrected chi connectivity index (χ4v) is 1.98. The predicted octanol–water partition coefficient (Wildman–Crippen LogP) is 1.34. The van der Waals surface area contributed by atoms with E-state index in [1.54, 1.807) is 25.4 Å². The summed E-state index contributed by atoms with van der Waals surface area (Å²) in [6.07, 6.45) is 1.63. The summed E-state index contributed by atoms with van der Waals surface area (Å²) >= 11 is 0. The van der Waals surface area contributed by atoms with Gasteiger partial charge < -0.3 is 14.4 Å². The molecule has 0 unspecified atom stereocenters. The maximum Gasteiger partial charge on any atom is 0.255 e. The number of pyridine rings is 1. The number of carbonyl (C=O) groups is 1. The standard InChI is InChI=1S/C13H18N2O3/c1-9-8-18-10(2)7-15(9)13(16)11-4-5-12(17-3)14-6-11/h4-6,9-10H,7-8H2,1-3H3/t9-,10-/m0/s1. The van der Waals surface area contributed by atoms with E-state index < -0.39 is 0 Å². The molecule has 1 amide bonds. The molecule has 1 aromatic heterocycles. The molecule has 0 N–H and O–H groups in total. The molecular formula is C13H18N2O3. The topological polar surface area (TPSA) is 51.7 Å². The third kappa shape index (κ3) is 2.61. The van der Waals surface area contributed by atoms with E-state index in [1.165, 1.54) is 0 Å². The molecule has 2 heterocycles. The van der Waals surface area contributed by atoms with Gasteiger partial charge >= 0.3 is 0 Å². The number of nitrogens with zero attached hydrogens (tertiary/aromatic N) is 2. The normalized spacial score (nSPS) is 23.8. The summed E-state index contributed by atoms with van der Waals surface area (Å²) in [5.41, 5.74) is 0.580. The van der Waals surface area contributed by atoms with Gasteiger partial charge in [-0.1, -0.05) is 0 Å². The number of ether oxygens (including phenoxy) is 2. The summed E-state index contributed by atoms with van der Waals surface area (Å²) in [5, 5.41) is 0. The Balaban J connectivity index is 2.13. The third-order valence-electron chi connectivity index (χ3n) is 3.06. The quantitative estimate of drug-likeness (QED) is 0.794. The van der Waals surface area contributed by atoms with E-state index in [4.69, 9.17) is 9.47 Å². The van der Waals surface area contributed by atoms with Gasteiger partial charge in [0.2, 0.25) is 5.88 Å². The minimum Gasteiger partial charge on any atom is -0.481 e. The van der Waals surface area contributed by atoms with Gasteiger partial charge in [-0.15, -0.1) is 0 Å². The van der Waals surface area contributed by atoms with Crippen LogP contribution < -0.4 is 4.74 Å². The van der Waals surface area contributed by atoms with Gasteiger partial charge in [-0.2, -0.15) is 0 Å². The molecule has 0 bridgehead atoms. The van der Waals surface area contributed by atoms with Crippen LogP contribution in [0.5, 0.6) is 5.88 Å². The number of hydrogen-bond donors (Lipinski definition) is 0. The van der Waals surface area contributed by atoms with Crippen LogP contribution in [0.3, 0.4) is 0 Å². The summed E-state index contributed by atoms with van der Waals surface area (Å²) < 4.78 is 10.5. The molecule has 2 rings (SSSR count). The number of hydrogen-bond acceptors (Lipinski definition) is 4. The van der Waals surface area contributed by atoms with Gasteiger partial charge in [0.05, 0.1) is 31.4 Å². The van der Waals surface area contributed by atoms with Crippen molar-refractivity contribution < 1.29 is 14.3 Å². The first-order valence-electron chi connectivity index (χ1n) is 6.04. The number of carbonyl (C=O) groups excluding carboxylic acids is 1. The van der Waals surface area contributed by atoms with Crippen molar-refractivity contribution in [1.82, 2.24) is 9.88 Å². The number of amides is 1. The molecule has 1 saturated heterocycles. The first-order chi connectivity index (χ1) is 8.61. The van der Waals surface area contributed by atoms with E-state index in [2.05, 4.69) is 4.98 Å². The molecule has 2 atom stereocenters. The molecule has 1 aromatic rings. The molecule has 0 aliphatic carbocycles.